The average molecular weight is 366 g/mol. The quantitative estimate of drug-likeness (QED) is 0.600. The molecule has 0 aliphatic carbocycles. The van der Waals surface area contributed by atoms with Crippen molar-refractivity contribution in [3.8, 4) is 11.4 Å². The third-order valence-electron chi connectivity index (χ3n) is 3.63. The van der Waals surface area contributed by atoms with Crippen molar-refractivity contribution in [1.29, 1.82) is 0 Å². The van der Waals surface area contributed by atoms with Gasteiger partial charge in [-0.15, -0.1) is 5.10 Å². The van der Waals surface area contributed by atoms with E-state index in [4.69, 9.17) is 11.6 Å². The van der Waals surface area contributed by atoms with Gasteiger partial charge in [0.15, 0.2) is 5.69 Å². The fraction of sp³-hybridized carbons (Fsp3) is 0. The van der Waals surface area contributed by atoms with Crippen LogP contribution in [0.1, 0.15) is 10.5 Å². The first-order chi connectivity index (χ1) is 12.7. The molecule has 0 bridgehead atoms. The van der Waals surface area contributed by atoms with E-state index in [1.54, 1.807) is 24.4 Å². The van der Waals surface area contributed by atoms with Crippen LogP contribution in [0.15, 0.2) is 67.4 Å². The molecule has 2 aromatic carbocycles. The number of rotatable bonds is 4. The predicted octanol–water partition coefficient (Wildman–Crippen LogP) is 2.75. The van der Waals surface area contributed by atoms with Gasteiger partial charge in [-0.3, -0.25) is 4.79 Å². The van der Waals surface area contributed by atoms with Gasteiger partial charge in [-0.05, 0) is 24.3 Å². The lowest BCUT2D eigenvalue weighted by Crippen LogP contribution is -2.14. The van der Waals surface area contributed by atoms with Gasteiger partial charge in [0.2, 0.25) is 0 Å². The molecular weight excluding hydrogens is 354 g/mol. The maximum absolute atomic E-state index is 12.6. The normalized spacial score (nSPS) is 10.7. The summed E-state index contributed by atoms with van der Waals surface area (Å²) in [6, 6.07) is 14.6. The highest BCUT2D eigenvalue weighted by Gasteiger charge is 2.16. The summed E-state index contributed by atoms with van der Waals surface area (Å²) in [4.78, 5) is 16.5. The molecule has 2 aromatic heterocycles. The van der Waals surface area contributed by atoms with Crippen LogP contribution >= 0.6 is 11.6 Å². The Hall–Kier alpha value is -3.52. The number of carbonyl (C=O) groups is 1. The number of hydrogen-bond donors (Lipinski definition) is 1. The molecule has 1 N–H and O–H groups in total. The van der Waals surface area contributed by atoms with Crippen LogP contribution < -0.4 is 5.32 Å². The average Bonchev–Trinajstić information content (AvgIpc) is 3.35. The molecule has 8 nitrogen and oxygen atoms in total. The van der Waals surface area contributed by atoms with Crippen LogP contribution in [0.4, 0.5) is 5.69 Å². The number of amides is 1. The molecular formula is C17H12ClN7O. The molecule has 0 spiro atoms. The fourth-order valence-corrected chi connectivity index (χ4v) is 2.69. The Morgan fingerprint density at radius 1 is 1.04 bits per heavy atom. The second-order valence-electron chi connectivity index (χ2n) is 5.31. The molecule has 9 heteroatoms. The Morgan fingerprint density at radius 3 is 2.65 bits per heavy atom. The molecule has 128 valence electrons. The predicted molar refractivity (Wildman–Crippen MR) is 95.7 cm³/mol. The summed E-state index contributed by atoms with van der Waals surface area (Å²) in [7, 11) is 0. The number of benzene rings is 2. The van der Waals surface area contributed by atoms with Crippen molar-refractivity contribution in [2.24, 2.45) is 0 Å². The molecule has 1 amide bonds. The zero-order valence-electron chi connectivity index (χ0n) is 13.3. The molecule has 0 atom stereocenters. The summed E-state index contributed by atoms with van der Waals surface area (Å²) >= 11 is 6.26. The molecule has 0 radical (unpaired) electrons. The van der Waals surface area contributed by atoms with Gasteiger partial charge in [0.05, 0.1) is 22.6 Å². The minimum absolute atomic E-state index is 0.179. The van der Waals surface area contributed by atoms with Gasteiger partial charge >= 0.3 is 0 Å². The number of hydrogen-bond acceptors (Lipinski definition) is 5. The topological polar surface area (TPSA) is 90.5 Å². The highest BCUT2D eigenvalue weighted by molar-refractivity contribution is 6.33. The third-order valence-corrected chi connectivity index (χ3v) is 3.93. The zero-order valence-corrected chi connectivity index (χ0v) is 14.1. The Labute approximate surface area is 153 Å². The van der Waals surface area contributed by atoms with E-state index < -0.39 is 5.91 Å². The molecule has 2 heterocycles. The Morgan fingerprint density at radius 2 is 1.88 bits per heavy atom. The second kappa shape index (κ2) is 6.77. The van der Waals surface area contributed by atoms with Crippen LogP contribution in [0.2, 0.25) is 5.02 Å². The molecule has 0 saturated heterocycles. The lowest BCUT2D eigenvalue weighted by atomic mass is 10.2. The van der Waals surface area contributed by atoms with Gasteiger partial charge in [-0.25, -0.2) is 14.3 Å². The summed E-state index contributed by atoms with van der Waals surface area (Å²) in [5, 5.41) is 15.2. The van der Waals surface area contributed by atoms with E-state index in [1.165, 1.54) is 22.0 Å². The van der Waals surface area contributed by atoms with Crippen LogP contribution in [0.5, 0.6) is 0 Å². The lowest BCUT2D eigenvalue weighted by molar-refractivity contribution is 0.102. The first-order valence-electron chi connectivity index (χ1n) is 7.65. The van der Waals surface area contributed by atoms with E-state index in [2.05, 4.69) is 25.7 Å². The van der Waals surface area contributed by atoms with E-state index in [9.17, 15) is 4.79 Å². The number of nitrogens with one attached hydrogen (secondary N) is 1. The van der Waals surface area contributed by atoms with E-state index >= 15 is 0 Å². The summed E-state index contributed by atoms with van der Waals surface area (Å²) in [5.41, 5.74) is 2.00. The largest absolute Gasteiger partial charge is 0.319 e. The fourth-order valence-electron chi connectivity index (χ4n) is 2.43. The molecule has 4 rings (SSSR count). The molecule has 4 aromatic rings. The van der Waals surface area contributed by atoms with E-state index in [0.717, 1.165) is 5.69 Å². The number of halogens is 1. The number of anilines is 1. The maximum atomic E-state index is 12.6. The molecule has 0 aliphatic rings. The van der Waals surface area contributed by atoms with Crippen molar-refractivity contribution >= 4 is 23.2 Å². The Kier molecular flexibility index (Phi) is 4.16. The van der Waals surface area contributed by atoms with Crippen LogP contribution in [0, 0.1) is 0 Å². The van der Waals surface area contributed by atoms with Gasteiger partial charge < -0.3 is 5.32 Å². The number of para-hydroxylation sites is 2. The van der Waals surface area contributed by atoms with Gasteiger partial charge in [0.25, 0.3) is 5.91 Å². The van der Waals surface area contributed by atoms with Crippen molar-refractivity contribution in [1.82, 2.24) is 29.8 Å². The van der Waals surface area contributed by atoms with Crippen LogP contribution in [-0.2, 0) is 0 Å². The van der Waals surface area contributed by atoms with Crippen molar-refractivity contribution < 1.29 is 4.79 Å². The SMILES string of the molecule is O=C(Nc1cccc(Cl)c1-n1cncn1)c1cn(-c2ccccc2)nn1. The van der Waals surface area contributed by atoms with Crippen molar-refractivity contribution in [3.63, 3.8) is 0 Å². The standard InChI is InChI=1S/C17H12ClN7O/c18-13-7-4-8-14(16(13)25-11-19-10-20-25)21-17(26)15-9-24(23-22-15)12-5-2-1-3-6-12/h1-11H,(H,21,26). The van der Waals surface area contributed by atoms with Crippen LogP contribution in [0.25, 0.3) is 11.4 Å². The smallest absolute Gasteiger partial charge is 0.277 e. The van der Waals surface area contributed by atoms with Crippen LogP contribution in [-0.4, -0.2) is 35.7 Å². The van der Waals surface area contributed by atoms with E-state index in [-0.39, 0.29) is 5.69 Å². The van der Waals surface area contributed by atoms with Crippen molar-refractivity contribution in [2.45, 2.75) is 0 Å². The monoisotopic (exact) mass is 365 g/mol. The summed E-state index contributed by atoms with van der Waals surface area (Å²) < 4.78 is 3.02. The first kappa shape index (κ1) is 16.0. The van der Waals surface area contributed by atoms with E-state index in [0.29, 0.717) is 16.4 Å². The highest BCUT2D eigenvalue weighted by atomic mass is 35.5. The zero-order chi connectivity index (χ0) is 17.9. The molecule has 0 aliphatic heterocycles. The number of aromatic nitrogens is 6. The minimum Gasteiger partial charge on any atom is -0.319 e. The molecule has 0 saturated carbocycles. The first-order valence-corrected chi connectivity index (χ1v) is 8.03. The number of carbonyl (C=O) groups excluding carboxylic acids is 1. The lowest BCUT2D eigenvalue weighted by Gasteiger charge is -2.11. The van der Waals surface area contributed by atoms with Crippen LogP contribution in [0.3, 0.4) is 0 Å². The Balaban J connectivity index is 1.62. The summed E-state index contributed by atoms with van der Waals surface area (Å²) in [5.74, 6) is -0.407. The molecule has 0 unspecified atom stereocenters. The summed E-state index contributed by atoms with van der Waals surface area (Å²) in [6.07, 6.45) is 4.45. The Bertz CT molecular complexity index is 1040. The van der Waals surface area contributed by atoms with Crippen molar-refractivity contribution in [2.75, 3.05) is 5.32 Å². The van der Waals surface area contributed by atoms with Gasteiger partial charge in [-0.2, -0.15) is 5.10 Å². The summed E-state index contributed by atoms with van der Waals surface area (Å²) in [6.45, 7) is 0. The second-order valence-corrected chi connectivity index (χ2v) is 5.72. The van der Waals surface area contributed by atoms with Gasteiger partial charge in [0, 0.05) is 0 Å². The van der Waals surface area contributed by atoms with Gasteiger partial charge in [0.1, 0.15) is 18.3 Å². The van der Waals surface area contributed by atoms with Crippen molar-refractivity contribution in [3.05, 3.63) is 78.1 Å². The van der Waals surface area contributed by atoms with Gasteiger partial charge in [-0.1, -0.05) is 41.1 Å². The number of nitrogens with zero attached hydrogens (tertiary/aromatic N) is 6. The highest BCUT2D eigenvalue weighted by Crippen LogP contribution is 2.28. The maximum Gasteiger partial charge on any atom is 0.277 e. The van der Waals surface area contributed by atoms with E-state index in [1.807, 2.05) is 30.3 Å². The third kappa shape index (κ3) is 3.05. The molecule has 0 fully saturated rings. The minimum atomic E-state index is -0.407. The molecule has 26 heavy (non-hydrogen) atoms.